The third-order valence-electron chi connectivity index (χ3n) is 12.9. The van der Waals surface area contributed by atoms with E-state index in [0.29, 0.717) is 18.3 Å². The molecule has 4 aliphatic carbocycles. The minimum absolute atomic E-state index is 0.00301. The van der Waals surface area contributed by atoms with E-state index in [4.69, 9.17) is 9.47 Å². The maximum Gasteiger partial charge on any atom is 0.302 e. The molecule has 0 spiro atoms. The van der Waals surface area contributed by atoms with Crippen LogP contribution in [0.2, 0.25) is 0 Å². The second kappa shape index (κ2) is 10.6. The zero-order chi connectivity index (χ0) is 30.8. The molecule has 230 valence electrons. The highest BCUT2D eigenvalue weighted by Crippen LogP contribution is 2.74. The van der Waals surface area contributed by atoms with Gasteiger partial charge in [0.15, 0.2) is 5.78 Å². The molecule has 0 N–H and O–H groups in total. The van der Waals surface area contributed by atoms with Gasteiger partial charge in [-0.05, 0) is 79.4 Å². The molecule has 0 aromatic rings. The molecule has 0 aromatic carbocycles. The number of ketones is 3. The summed E-state index contributed by atoms with van der Waals surface area (Å²) in [5, 5.41) is 0. The molecule has 4 saturated carbocycles. The molecule has 0 amide bonds. The summed E-state index contributed by atoms with van der Waals surface area (Å²) >= 11 is 0. The molecule has 0 heterocycles. The fourth-order valence-electron chi connectivity index (χ4n) is 10.5. The van der Waals surface area contributed by atoms with E-state index in [0.717, 1.165) is 44.9 Å². The van der Waals surface area contributed by atoms with E-state index in [2.05, 4.69) is 34.6 Å². The normalized spacial score (nSPS) is 41.5. The number of carbonyl (C=O) groups excluding carboxylic acids is 5. The first kappa shape index (κ1) is 31.9. The van der Waals surface area contributed by atoms with Crippen LogP contribution in [0.1, 0.15) is 120 Å². The van der Waals surface area contributed by atoms with Gasteiger partial charge in [-0.3, -0.25) is 24.0 Å². The molecule has 7 heteroatoms. The van der Waals surface area contributed by atoms with Crippen molar-refractivity contribution in [3.63, 3.8) is 0 Å². The second-order valence-electron chi connectivity index (χ2n) is 15.6. The van der Waals surface area contributed by atoms with Crippen LogP contribution in [0.25, 0.3) is 0 Å². The van der Waals surface area contributed by atoms with Gasteiger partial charge in [0.1, 0.15) is 18.5 Å². The minimum atomic E-state index is -1.15. The Hall–Kier alpha value is -2.05. The lowest BCUT2D eigenvalue weighted by atomic mass is 9.33. The summed E-state index contributed by atoms with van der Waals surface area (Å²) in [6, 6.07) is 0. The second-order valence-corrected chi connectivity index (χ2v) is 15.6. The van der Waals surface area contributed by atoms with Gasteiger partial charge in [-0.2, -0.15) is 0 Å². The number of Topliss-reactive ketones (excluding diaryl/α,β-unsaturated/α-hetero) is 3. The standard InChI is InChI=1S/C34H52O7/c1-20(2)28(38)24(37)18-34(19-40-21(3)35)17-16-32(8)23(29(34)39)10-11-26-31(7)14-13-27(41-22(4)36)30(5,6)25(31)12-15-33(26,32)9/h20,23,25-27H,10-19H2,1-9H3/t23?,25?,26?,27-,31-,32+,33+,34-/m0/s1. The lowest BCUT2D eigenvalue weighted by Crippen LogP contribution is -2.67. The van der Waals surface area contributed by atoms with Gasteiger partial charge in [-0.1, -0.05) is 48.5 Å². The fraction of sp³-hybridized carbons (Fsp3) is 0.853. The average Bonchev–Trinajstić information content (AvgIpc) is 2.86. The molecule has 7 nitrogen and oxygen atoms in total. The van der Waals surface area contributed by atoms with Crippen LogP contribution in [0, 0.1) is 50.7 Å². The molecule has 0 radical (unpaired) electrons. The van der Waals surface area contributed by atoms with Crippen LogP contribution in [-0.4, -0.2) is 42.0 Å². The number of fused-ring (bicyclic) bond motifs is 5. The van der Waals surface area contributed by atoms with Crippen molar-refractivity contribution < 1.29 is 33.4 Å². The Morgan fingerprint density at radius 3 is 2.05 bits per heavy atom. The maximum atomic E-state index is 14.6. The summed E-state index contributed by atoms with van der Waals surface area (Å²) in [4.78, 5) is 63.9. The van der Waals surface area contributed by atoms with Gasteiger partial charge in [-0.25, -0.2) is 0 Å². The molecule has 4 aliphatic rings. The summed E-state index contributed by atoms with van der Waals surface area (Å²) in [6.07, 6.45) is 6.44. The van der Waals surface area contributed by atoms with Gasteiger partial charge in [0.25, 0.3) is 0 Å². The van der Waals surface area contributed by atoms with Crippen molar-refractivity contribution in [1.29, 1.82) is 0 Å². The lowest BCUT2D eigenvalue weighted by Gasteiger charge is -2.71. The van der Waals surface area contributed by atoms with Crippen molar-refractivity contribution in [1.82, 2.24) is 0 Å². The number of esters is 2. The lowest BCUT2D eigenvalue weighted by molar-refractivity contribution is -0.237. The Kier molecular flexibility index (Phi) is 8.23. The van der Waals surface area contributed by atoms with Crippen molar-refractivity contribution in [2.24, 2.45) is 50.7 Å². The molecule has 0 aromatic heterocycles. The van der Waals surface area contributed by atoms with Crippen molar-refractivity contribution >= 4 is 29.3 Å². The van der Waals surface area contributed by atoms with Gasteiger partial charge in [0.05, 0.1) is 5.41 Å². The monoisotopic (exact) mass is 572 g/mol. The SMILES string of the molecule is CC(=O)OC[C@@]1(CC(=O)C(=O)C(C)C)CC[C@]2(C)C(CCC3[C@@]4(C)CC[C@H](OC(C)=O)C(C)(C)C4CC[C@]32C)C1=O. The topological polar surface area (TPSA) is 104 Å². The molecular weight excluding hydrogens is 520 g/mol. The van der Waals surface area contributed by atoms with Crippen molar-refractivity contribution in [3.05, 3.63) is 0 Å². The highest BCUT2D eigenvalue weighted by Gasteiger charge is 2.70. The average molecular weight is 573 g/mol. The molecule has 4 fully saturated rings. The number of hydrogen-bond acceptors (Lipinski definition) is 7. The van der Waals surface area contributed by atoms with E-state index in [-0.39, 0.29) is 58.5 Å². The Morgan fingerprint density at radius 1 is 0.805 bits per heavy atom. The van der Waals surface area contributed by atoms with E-state index < -0.39 is 28.9 Å². The molecule has 0 saturated heterocycles. The number of rotatable bonds is 7. The third kappa shape index (κ3) is 4.91. The number of hydrogen-bond donors (Lipinski definition) is 0. The van der Waals surface area contributed by atoms with E-state index in [9.17, 15) is 24.0 Å². The van der Waals surface area contributed by atoms with E-state index in [1.54, 1.807) is 13.8 Å². The Morgan fingerprint density at radius 2 is 1.46 bits per heavy atom. The number of ether oxygens (including phenoxy) is 2. The number of carbonyl (C=O) groups is 5. The maximum absolute atomic E-state index is 14.6. The highest BCUT2D eigenvalue weighted by molar-refractivity contribution is 6.38. The first-order valence-corrected chi connectivity index (χ1v) is 15.8. The van der Waals surface area contributed by atoms with Gasteiger partial charge >= 0.3 is 11.9 Å². The minimum Gasteiger partial charge on any atom is -0.465 e. The predicted octanol–water partition coefficient (Wildman–Crippen LogP) is 6.29. The molecule has 0 aliphatic heterocycles. The van der Waals surface area contributed by atoms with Crippen LogP contribution in [0.15, 0.2) is 0 Å². The largest absolute Gasteiger partial charge is 0.465 e. The first-order valence-electron chi connectivity index (χ1n) is 15.8. The zero-order valence-corrected chi connectivity index (χ0v) is 26.8. The summed E-state index contributed by atoms with van der Waals surface area (Å²) in [5.74, 6) is -1.56. The van der Waals surface area contributed by atoms with Gasteiger partial charge in [0, 0.05) is 37.5 Å². The molecule has 41 heavy (non-hydrogen) atoms. The zero-order valence-electron chi connectivity index (χ0n) is 26.8. The van der Waals surface area contributed by atoms with E-state index in [1.165, 1.54) is 13.8 Å². The summed E-state index contributed by atoms with van der Waals surface area (Å²) in [5.41, 5.74) is -1.56. The fourth-order valence-corrected chi connectivity index (χ4v) is 10.5. The Balaban J connectivity index is 1.66. The van der Waals surface area contributed by atoms with Crippen LogP contribution >= 0.6 is 0 Å². The van der Waals surface area contributed by atoms with Crippen LogP contribution in [-0.2, 0) is 33.4 Å². The molecular formula is C34H52O7. The highest BCUT2D eigenvalue weighted by atomic mass is 16.5. The van der Waals surface area contributed by atoms with Crippen molar-refractivity contribution in [2.75, 3.05) is 6.61 Å². The van der Waals surface area contributed by atoms with Gasteiger partial charge in [-0.15, -0.1) is 0 Å². The van der Waals surface area contributed by atoms with Crippen LogP contribution in [0.3, 0.4) is 0 Å². The Bertz CT molecular complexity index is 1120. The summed E-state index contributed by atoms with van der Waals surface area (Å²) in [6.45, 7) is 17.7. The third-order valence-corrected chi connectivity index (χ3v) is 12.9. The van der Waals surface area contributed by atoms with Crippen LogP contribution in [0.5, 0.6) is 0 Å². The van der Waals surface area contributed by atoms with E-state index in [1.807, 2.05) is 0 Å². The quantitative estimate of drug-likeness (QED) is 0.261. The smallest absolute Gasteiger partial charge is 0.302 e. The van der Waals surface area contributed by atoms with Gasteiger partial charge < -0.3 is 9.47 Å². The summed E-state index contributed by atoms with van der Waals surface area (Å²) in [7, 11) is 0. The van der Waals surface area contributed by atoms with Crippen molar-refractivity contribution in [2.45, 2.75) is 126 Å². The summed E-state index contributed by atoms with van der Waals surface area (Å²) < 4.78 is 11.3. The Labute approximate surface area is 246 Å². The van der Waals surface area contributed by atoms with Crippen LogP contribution in [0.4, 0.5) is 0 Å². The van der Waals surface area contributed by atoms with E-state index >= 15 is 0 Å². The first-order chi connectivity index (χ1) is 18.9. The molecule has 0 bridgehead atoms. The molecule has 8 atom stereocenters. The molecule has 3 unspecified atom stereocenters. The molecule has 4 rings (SSSR count). The van der Waals surface area contributed by atoms with Gasteiger partial charge in [0.2, 0.25) is 5.78 Å². The predicted molar refractivity (Wildman–Crippen MR) is 155 cm³/mol. The van der Waals surface area contributed by atoms with Crippen LogP contribution < -0.4 is 0 Å². The van der Waals surface area contributed by atoms with Crippen molar-refractivity contribution in [3.8, 4) is 0 Å².